The predicted molar refractivity (Wildman–Crippen MR) is 130 cm³/mol. The number of rotatable bonds is 11. The Bertz CT molecular complexity index is 1280. The number of nitrogens with one attached hydrogen (secondary N) is 2. The Morgan fingerprint density at radius 2 is 2.00 bits per heavy atom. The zero-order chi connectivity index (χ0) is 24.9. The van der Waals surface area contributed by atoms with E-state index in [9.17, 15) is 13.2 Å². The van der Waals surface area contributed by atoms with Gasteiger partial charge in [0.1, 0.15) is 16.9 Å². The molecule has 1 amide bonds. The molecule has 0 saturated heterocycles. The van der Waals surface area contributed by atoms with Gasteiger partial charge in [-0.15, -0.1) is 0 Å². The highest BCUT2D eigenvalue weighted by Gasteiger charge is 2.26. The van der Waals surface area contributed by atoms with E-state index in [0.717, 1.165) is 5.56 Å². The van der Waals surface area contributed by atoms with Crippen LogP contribution in [0.1, 0.15) is 36.8 Å². The van der Waals surface area contributed by atoms with Crippen molar-refractivity contribution >= 4 is 44.5 Å². The molecule has 3 aromatic heterocycles. The van der Waals surface area contributed by atoms with Crippen molar-refractivity contribution in [3.63, 3.8) is 0 Å². The molecule has 0 bridgehead atoms. The fourth-order valence-electron chi connectivity index (χ4n) is 3.07. The summed E-state index contributed by atoms with van der Waals surface area (Å²) < 4.78 is 33.2. The van der Waals surface area contributed by atoms with E-state index >= 15 is 0 Å². The Morgan fingerprint density at radius 3 is 2.65 bits per heavy atom. The van der Waals surface area contributed by atoms with Crippen LogP contribution in [0.4, 0.5) is 17.6 Å². The third-order valence-electron chi connectivity index (χ3n) is 5.05. The number of hydrogen-bond donors (Lipinski definition) is 2. The molecule has 0 fully saturated rings. The van der Waals surface area contributed by atoms with Crippen LogP contribution in [0.5, 0.6) is 0 Å². The summed E-state index contributed by atoms with van der Waals surface area (Å²) in [5.74, 6) is 0.196. The molecular formula is C21H30N8O4S. The zero-order valence-electron chi connectivity index (χ0n) is 20.0. The Hall–Kier alpha value is -3.32. The molecule has 34 heavy (non-hydrogen) atoms. The summed E-state index contributed by atoms with van der Waals surface area (Å²) in [4.78, 5) is 28.3. The molecule has 0 aliphatic heterocycles. The lowest BCUT2D eigenvalue weighted by Crippen LogP contribution is -2.32. The topological polar surface area (TPSA) is 144 Å². The number of pyridine rings is 1. The average molecular weight is 491 g/mol. The summed E-state index contributed by atoms with van der Waals surface area (Å²) in [7, 11) is -1.98. The third-order valence-corrected chi connectivity index (χ3v) is 6.30. The number of sulfonamides is 1. The number of carbonyl (C=O) groups is 1. The Balaban J connectivity index is 2.22. The molecule has 0 unspecified atom stereocenters. The Kier molecular flexibility index (Phi) is 7.99. The van der Waals surface area contributed by atoms with Crippen LogP contribution in [0.25, 0.3) is 11.0 Å². The van der Waals surface area contributed by atoms with Gasteiger partial charge in [0, 0.05) is 26.4 Å². The summed E-state index contributed by atoms with van der Waals surface area (Å²) in [5, 5.41) is 7.61. The molecule has 13 heteroatoms. The molecule has 3 rings (SSSR count). The van der Waals surface area contributed by atoms with Crippen molar-refractivity contribution in [2.45, 2.75) is 34.2 Å². The smallest absolute Gasteiger partial charge is 0.287 e. The number of carbonyl (C=O) groups excluding carboxylic acids is 1. The van der Waals surface area contributed by atoms with E-state index in [2.05, 4.69) is 30.1 Å². The number of ether oxygens (including phenoxy) is 1. The van der Waals surface area contributed by atoms with Crippen molar-refractivity contribution in [1.29, 1.82) is 0 Å². The van der Waals surface area contributed by atoms with Crippen molar-refractivity contribution in [2.75, 3.05) is 42.8 Å². The van der Waals surface area contributed by atoms with E-state index < -0.39 is 15.9 Å². The molecule has 0 radical (unpaired) electrons. The highest BCUT2D eigenvalue weighted by molar-refractivity contribution is 7.90. The van der Waals surface area contributed by atoms with Crippen molar-refractivity contribution in [2.24, 2.45) is 0 Å². The molecule has 0 aliphatic rings. The number of hydrogen-bond acceptors (Lipinski definition) is 10. The van der Waals surface area contributed by atoms with Gasteiger partial charge in [0.15, 0.2) is 11.5 Å². The maximum absolute atomic E-state index is 12.9. The highest BCUT2D eigenvalue weighted by Crippen LogP contribution is 2.28. The molecule has 0 aliphatic carbocycles. The van der Waals surface area contributed by atoms with E-state index in [1.54, 1.807) is 15.8 Å². The Morgan fingerprint density at radius 1 is 1.24 bits per heavy atom. The van der Waals surface area contributed by atoms with E-state index in [1.807, 2.05) is 40.0 Å². The summed E-state index contributed by atoms with van der Waals surface area (Å²) in [6.07, 6.45) is 1.68. The first-order chi connectivity index (χ1) is 16.2. The fourth-order valence-corrected chi connectivity index (χ4v) is 3.59. The summed E-state index contributed by atoms with van der Waals surface area (Å²) in [6, 6.07) is 3.74. The molecule has 184 valence electrons. The second-order valence-electron chi connectivity index (χ2n) is 7.53. The highest BCUT2D eigenvalue weighted by atomic mass is 32.2. The van der Waals surface area contributed by atoms with Crippen molar-refractivity contribution in [3.05, 3.63) is 29.6 Å². The van der Waals surface area contributed by atoms with Gasteiger partial charge in [0.25, 0.3) is 5.91 Å². The van der Waals surface area contributed by atoms with Gasteiger partial charge in [0.2, 0.25) is 16.0 Å². The number of fused-ring (bicyclic) bond motifs is 1. The molecule has 12 nitrogen and oxygen atoms in total. The van der Waals surface area contributed by atoms with Crippen molar-refractivity contribution < 1.29 is 17.9 Å². The van der Waals surface area contributed by atoms with Crippen LogP contribution in [0.15, 0.2) is 18.3 Å². The maximum atomic E-state index is 12.9. The first kappa shape index (κ1) is 25.3. The van der Waals surface area contributed by atoms with Crippen molar-refractivity contribution in [3.8, 4) is 0 Å². The van der Waals surface area contributed by atoms with E-state index in [1.165, 1.54) is 6.92 Å². The lowest BCUT2D eigenvalue weighted by molar-refractivity contribution is 0.0975. The summed E-state index contributed by atoms with van der Waals surface area (Å²) in [5.41, 5.74) is 1.55. The van der Waals surface area contributed by atoms with Crippen LogP contribution in [-0.4, -0.2) is 71.6 Å². The maximum Gasteiger partial charge on any atom is 0.287 e. The molecule has 0 aromatic carbocycles. The molecule has 2 N–H and O–H groups in total. The van der Waals surface area contributed by atoms with Gasteiger partial charge in [0.05, 0.1) is 18.9 Å². The molecular weight excluding hydrogens is 460 g/mol. The van der Waals surface area contributed by atoms with Gasteiger partial charge in [-0.1, -0.05) is 0 Å². The zero-order valence-corrected chi connectivity index (χ0v) is 20.8. The van der Waals surface area contributed by atoms with E-state index in [4.69, 9.17) is 4.74 Å². The monoisotopic (exact) mass is 490 g/mol. The van der Waals surface area contributed by atoms with Crippen LogP contribution in [0.2, 0.25) is 0 Å². The lowest BCUT2D eigenvalue weighted by Gasteiger charge is -2.17. The van der Waals surface area contributed by atoms with Crippen LogP contribution in [-0.2, 0) is 21.3 Å². The minimum absolute atomic E-state index is 0.114. The normalized spacial score (nSPS) is 11.6. The third kappa shape index (κ3) is 5.78. The van der Waals surface area contributed by atoms with Gasteiger partial charge in [-0.2, -0.15) is 10.1 Å². The predicted octanol–water partition coefficient (Wildman–Crippen LogP) is 1.85. The van der Waals surface area contributed by atoms with E-state index in [-0.39, 0.29) is 17.0 Å². The molecule has 3 heterocycles. The number of nitrogens with zero attached hydrogens (tertiary/aromatic N) is 6. The van der Waals surface area contributed by atoms with Crippen LogP contribution < -0.4 is 14.9 Å². The quantitative estimate of drug-likeness (QED) is 0.382. The molecule has 0 atom stereocenters. The fraction of sp³-hybridized carbons (Fsp3) is 0.476. The standard InChI is InChI=1S/C21H30N8O4S/c1-6-28(5)21-24-16-17(20(30)27-34(31,32)8-3)26-29(11-12-33-7-2)18(16)19(25-21)23-15-13-14(4)9-10-22-15/h9-10,13H,6-8,11-12H2,1-5H3,(H,27,30)(H,22,23,24,25). The average Bonchev–Trinajstić information content (AvgIpc) is 3.17. The second-order valence-corrected chi connectivity index (χ2v) is 9.54. The molecule has 0 saturated carbocycles. The van der Waals surface area contributed by atoms with Crippen LogP contribution in [0, 0.1) is 6.92 Å². The van der Waals surface area contributed by atoms with Gasteiger partial charge in [-0.05, 0) is 45.4 Å². The minimum atomic E-state index is -3.79. The number of aryl methyl sites for hydroxylation is 1. The first-order valence-electron chi connectivity index (χ1n) is 11.0. The van der Waals surface area contributed by atoms with Gasteiger partial charge >= 0.3 is 0 Å². The lowest BCUT2D eigenvalue weighted by atomic mass is 10.3. The van der Waals surface area contributed by atoms with Gasteiger partial charge < -0.3 is 15.0 Å². The van der Waals surface area contributed by atoms with E-state index in [0.29, 0.717) is 49.4 Å². The van der Waals surface area contributed by atoms with Crippen LogP contribution >= 0.6 is 0 Å². The summed E-state index contributed by atoms with van der Waals surface area (Å²) >= 11 is 0. The molecule has 3 aromatic rings. The minimum Gasteiger partial charge on any atom is -0.380 e. The van der Waals surface area contributed by atoms with Crippen LogP contribution in [0.3, 0.4) is 0 Å². The van der Waals surface area contributed by atoms with Gasteiger partial charge in [-0.25, -0.2) is 23.1 Å². The Labute approximate surface area is 198 Å². The summed E-state index contributed by atoms with van der Waals surface area (Å²) in [6.45, 7) is 8.97. The van der Waals surface area contributed by atoms with Gasteiger partial charge in [-0.3, -0.25) is 9.48 Å². The number of aromatic nitrogens is 5. The largest absolute Gasteiger partial charge is 0.380 e. The van der Waals surface area contributed by atoms with Crippen molar-refractivity contribution in [1.82, 2.24) is 29.5 Å². The number of amides is 1. The number of anilines is 3. The first-order valence-corrected chi connectivity index (χ1v) is 12.7. The SMILES string of the molecule is CCOCCn1nc(C(=O)NS(=O)(=O)CC)c2nc(N(C)CC)nc(Nc3cc(C)ccn3)c21. The second kappa shape index (κ2) is 10.7. The molecule has 0 spiro atoms.